The predicted molar refractivity (Wildman–Crippen MR) is 90.6 cm³/mol. The normalized spacial score (nSPS) is 10.9. The first-order chi connectivity index (χ1) is 10.8. The van der Waals surface area contributed by atoms with Gasteiger partial charge in [0.2, 0.25) is 10.0 Å². The van der Waals surface area contributed by atoms with Gasteiger partial charge in [0.05, 0.1) is 24.7 Å². The fraction of sp³-hybridized carbons (Fsp3) is 0.188. The number of hydrogen-bond acceptors (Lipinski definition) is 4. The highest BCUT2D eigenvalue weighted by molar-refractivity contribution is 7.92. The third-order valence-electron chi connectivity index (χ3n) is 3.14. The van der Waals surface area contributed by atoms with Crippen LogP contribution in [0, 0.1) is 6.92 Å². The summed E-state index contributed by atoms with van der Waals surface area (Å²) in [6, 6.07) is 11.8. The summed E-state index contributed by atoms with van der Waals surface area (Å²) in [6.45, 7) is 1.73. The summed E-state index contributed by atoms with van der Waals surface area (Å²) in [4.78, 5) is 12.3. The Hall–Kier alpha value is -2.54. The zero-order valence-electron chi connectivity index (χ0n) is 13.1. The van der Waals surface area contributed by atoms with Crippen molar-refractivity contribution in [2.24, 2.45) is 0 Å². The highest BCUT2D eigenvalue weighted by atomic mass is 32.2. The van der Waals surface area contributed by atoms with Gasteiger partial charge >= 0.3 is 0 Å². The Labute approximate surface area is 135 Å². The van der Waals surface area contributed by atoms with E-state index in [4.69, 9.17) is 4.74 Å². The maximum atomic E-state index is 12.3. The van der Waals surface area contributed by atoms with Crippen LogP contribution in [-0.2, 0) is 10.0 Å². The summed E-state index contributed by atoms with van der Waals surface area (Å²) >= 11 is 0. The molecule has 122 valence electrons. The summed E-state index contributed by atoms with van der Waals surface area (Å²) in [5, 5.41) is 2.77. The van der Waals surface area contributed by atoms with Gasteiger partial charge in [0.15, 0.2) is 0 Å². The number of benzene rings is 2. The van der Waals surface area contributed by atoms with Crippen molar-refractivity contribution in [1.82, 2.24) is 0 Å². The van der Waals surface area contributed by atoms with Gasteiger partial charge in [0.25, 0.3) is 5.91 Å². The Balaban J connectivity index is 2.22. The monoisotopic (exact) mass is 334 g/mol. The summed E-state index contributed by atoms with van der Waals surface area (Å²) < 4.78 is 30.2. The van der Waals surface area contributed by atoms with Crippen molar-refractivity contribution in [2.45, 2.75) is 6.92 Å². The molecule has 0 bridgehead atoms. The van der Waals surface area contributed by atoms with Gasteiger partial charge in [-0.2, -0.15) is 0 Å². The maximum Gasteiger partial charge on any atom is 0.255 e. The Kier molecular flexibility index (Phi) is 4.90. The molecular weight excluding hydrogens is 316 g/mol. The number of carbonyl (C=O) groups excluding carboxylic acids is 1. The van der Waals surface area contributed by atoms with E-state index in [0.29, 0.717) is 28.3 Å². The number of para-hydroxylation sites is 2. The van der Waals surface area contributed by atoms with E-state index >= 15 is 0 Å². The van der Waals surface area contributed by atoms with Crippen LogP contribution in [0.5, 0.6) is 5.75 Å². The van der Waals surface area contributed by atoms with Gasteiger partial charge < -0.3 is 10.1 Å². The Morgan fingerprint density at radius 3 is 2.39 bits per heavy atom. The minimum absolute atomic E-state index is 0.302. The Morgan fingerprint density at radius 2 is 1.78 bits per heavy atom. The average molecular weight is 334 g/mol. The van der Waals surface area contributed by atoms with Crippen LogP contribution in [0.25, 0.3) is 0 Å². The van der Waals surface area contributed by atoms with E-state index in [1.54, 1.807) is 43.3 Å². The van der Waals surface area contributed by atoms with Crippen LogP contribution in [0.15, 0.2) is 42.5 Å². The van der Waals surface area contributed by atoms with E-state index in [2.05, 4.69) is 10.0 Å². The SMILES string of the molecule is COc1ccccc1NC(=O)c1ccc(NS(C)(=O)=O)c(C)c1. The molecule has 0 saturated heterocycles. The molecule has 6 nitrogen and oxygen atoms in total. The fourth-order valence-corrected chi connectivity index (χ4v) is 2.69. The van der Waals surface area contributed by atoms with Crippen LogP contribution in [-0.4, -0.2) is 27.7 Å². The minimum atomic E-state index is -3.36. The van der Waals surface area contributed by atoms with Crippen LogP contribution in [0.4, 0.5) is 11.4 Å². The first-order valence-corrected chi connectivity index (χ1v) is 8.72. The topological polar surface area (TPSA) is 84.5 Å². The molecule has 23 heavy (non-hydrogen) atoms. The van der Waals surface area contributed by atoms with Crippen LogP contribution in [0.1, 0.15) is 15.9 Å². The largest absolute Gasteiger partial charge is 0.495 e. The molecule has 1 amide bonds. The van der Waals surface area contributed by atoms with Crippen LogP contribution < -0.4 is 14.8 Å². The second kappa shape index (κ2) is 6.70. The fourth-order valence-electron chi connectivity index (χ4n) is 2.06. The third-order valence-corrected chi connectivity index (χ3v) is 3.73. The summed E-state index contributed by atoms with van der Waals surface area (Å²) in [5.74, 6) is 0.261. The second-order valence-electron chi connectivity index (χ2n) is 5.06. The third kappa shape index (κ3) is 4.46. The molecule has 2 N–H and O–H groups in total. The number of aryl methyl sites for hydroxylation is 1. The number of rotatable bonds is 5. The number of ether oxygens (including phenoxy) is 1. The van der Waals surface area contributed by atoms with E-state index in [1.165, 1.54) is 7.11 Å². The van der Waals surface area contributed by atoms with Gasteiger partial charge in [-0.15, -0.1) is 0 Å². The molecule has 0 heterocycles. The van der Waals surface area contributed by atoms with Crippen molar-refractivity contribution in [3.63, 3.8) is 0 Å². The first-order valence-electron chi connectivity index (χ1n) is 6.83. The molecule has 0 atom stereocenters. The summed E-state index contributed by atoms with van der Waals surface area (Å²) in [6.07, 6.45) is 1.08. The van der Waals surface area contributed by atoms with E-state index in [0.717, 1.165) is 6.26 Å². The quantitative estimate of drug-likeness (QED) is 0.880. The zero-order valence-corrected chi connectivity index (χ0v) is 13.9. The molecule has 0 fully saturated rings. The van der Waals surface area contributed by atoms with E-state index in [9.17, 15) is 13.2 Å². The molecule has 0 unspecified atom stereocenters. The van der Waals surface area contributed by atoms with Gasteiger partial charge in [-0.1, -0.05) is 12.1 Å². The average Bonchev–Trinajstić information content (AvgIpc) is 2.48. The van der Waals surface area contributed by atoms with Crippen molar-refractivity contribution in [2.75, 3.05) is 23.4 Å². The predicted octanol–water partition coefficient (Wildman–Crippen LogP) is 2.63. The molecule has 7 heteroatoms. The molecule has 0 aliphatic carbocycles. The second-order valence-corrected chi connectivity index (χ2v) is 6.81. The van der Waals surface area contributed by atoms with Crippen molar-refractivity contribution >= 4 is 27.3 Å². The number of amides is 1. The highest BCUT2D eigenvalue weighted by Gasteiger charge is 2.12. The lowest BCUT2D eigenvalue weighted by Crippen LogP contribution is -2.14. The van der Waals surface area contributed by atoms with Crippen LogP contribution in [0.3, 0.4) is 0 Å². The van der Waals surface area contributed by atoms with Gasteiger partial charge in [-0.25, -0.2) is 8.42 Å². The number of nitrogens with one attached hydrogen (secondary N) is 2. The molecule has 0 aromatic heterocycles. The molecule has 0 saturated carbocycles. The Bertz CT molecular complexity index is 832. The highest BCUT2D eigenvalue weighted by Crippen LogP contribution is 2.24. The van der Waals surface area contributed by atoms with Crippen molar-refractivity contribution in [3.8, 4) is 5.75 Å². The Morgan fingerprint density at radius 1 is 1.09 bits per heavy atom. The van der Waals surface area contributed by atoms with E-state index in [-0.39, 0.29) is 5.91 Å². The lowest BCUT2D eigenvalue weighted by Gasteiger charge is -2.12. The maximum absolute atomic E-state index is 12.3. The number of methoxy groups -OCH3 is 1. The lowest BCUT2D eigenvalue weighted by molar-refractivity contribution is 0.102. The molecule has 2 aromatic rings. The van der Waals surface area contributed by atoms with Crippen LogP contribution >= 0.6 is 0 Å². The standard InChI is InChI=1S/C16H18N2O4S/c1-11-10-12(8-9-13(11)18-23(3,20)21)16(19)17-14-6-4-5-7-15(14)22-2/h4-10,18H,1-3H3,(H,17,19). The van der Waals surface area contributed by atoms with Crippen LogP contribution in [0.2, 0.25) is 0 Å². The smallest absolute Gasteiger partial charge is 0.255 e. The molecule has 2 rings (SSSR count). The summed E-state index contributed by atoms with van der Waals surface area (Å²) in [7, 11) is -1.83. The molecule has 0 aliphatic rings. The van der Waals surface area contributed by atoms with Gasteiger partial charge in [-0.05, 0) is 42.8 Å². The van der Waals surface area contributed by atoms with Gasteiger partial charge in [0, 0.05) is 5.56 Å². The number of sulfonamides is 1. The first kappa shape index (κ1) is 16.8. The molecule has 0 spiro atoms. The molecular formula is C16H18N2O4S. The van der Waals surface area contributed by atoms with E-state index in [1.807, 2.05) is 6.07 Å². The molecule has 0 radical (unpaired) electrons. The zero-order chi connectivity index (χ0) is 17.0. The van der Waals surface area contributed by atoms with E-state index < -0.39 is 10.0 Å². The molecule has 0 aliphatic heterocycles. The van der Waals surface area contributed by atoms with Crippen molar-refractivity contribution in [3.05, 3.63) is 53.6 Å². The number of carbonyl (C=O) groups is 1. The molecule has 2 aromatic carbocycles. The lowest BCUT2D eigenvalue weighted by atomic mass is 10.1. The van der Waals surface area contributed by atoms with Crippen molar-refractivity contribution < 1.29 is 17.9 Å². The van der Waals surface area contributed by atoms with Crippen molar-refractivity contribution in [1.29, 1.82) is 0 Å². The van der Waals surface area contributed by atoms with Gasteiger partial charge in [0.1, 0.15) is 5.75 Å². The minimum Gasteiger partial charge on any atom is -0.495 e. The van der Waals surface area contributed by atoms with Gasteiger partial charge in [-0.3, -0.25) is 9.52 Å². The number of anilines is 2. The number of hydrogen-bond donors (Lipinski definition) is 2. The summed E-state index contributed by atoms with van der Waals surface area (Å²) in [5.41, 5.74) is 2.09.